The van der Waals surface area contributed by atoms with E-state index in [2.05, 4.69) is 53.1 Å². The van der Waals surface area contributed by atoms with Crippen LogP contribution in [0.1, 0.15) is 15.9 Å². The smallest absolute Gasteiger partial charge is 0.263 e. The van der Waals surface area contributed by atoms with Gasteiger partial charge in [0.15, 0.2) is 5.78 Å². The van der Waals surface area contributed by atoms with E-state index in [0.717, 1.165) is 11.1 Å². The van der Waals surface area contributed by atoms with Gasteiger partial charge in [0.1, 0.15) is 0 Å². The highest BCUT2D eigenvalue weighted by Crippen LogP contribution is 2.38. The average molecular weight is 474 g/mol. The number of hydrogen-bond donors (Lipinski definition) is 1. The van der Waals surface area contributed by atoms with Crippen molar-refractivity contribution in [2.45, 2.75) is 2.14 Å². The third kappa shape index (κ3) is 2.72. The molecule has 1 aliphatic rings. The summed E-state index contributed by atoms with van der Waals surface area (Å²) in [4.78, 5) is 24.3. The molecule has 2 aromatic rings. The summed E-state index contributed by atoms with van der Waals surface area (Å²) in [6.07, 6.45) is 0. The van der Waals surface area contributed by atoms with Crippen LogP contribution >= 0.6 is 47.8 Å². The van der Waals surface area contributed by atoms with E-state index in [0.29, 0.717) is 16.8 Å². The summed E-state index contributed by atoms with van der Waals surface area (Å²) in [7, 11) is 0. The first-order valence-electron chi connectivity index (χ1n) is 6.04. The standard InChI is InChI=1S/C15H8Br3NO2/c16-15(17,18)14(21)19-8-5-6-10-9-3-1-2-4-11(9)13(20)12(10)7-8/h1-7H,(H,19,21). The zero-order valence-corrected chi connectivity index (χ0v) is 15.2. The van der Waals surface area contributed by atoms with Gasteiger partial charge in [-0.15, -0.1) is 0 Å². The second-order valence-corrected chi connectivity index (χ2v) is 11.3. The second kappa shape index (κ2) is 5.34. The Balaban J connectivity index is 1.98. The van der Waals surface area contributed by atoms with E-state index < -0.39 is 2.14 Å². The van der Waals surface area contributed by atoms with Gasteiger partial charge in [-0.25, -0.2) is 0 Å². The first kappa shape index (κ1) is 14.9. The van der Waals surface area contributed by atoms with Crippen LogP contribution in [0.15, 0.2) is 42.5 Å². The predicted octanol–water partition coefficient (Wildman–Crippen LogP) is 4.68. The maximum atomic E-state index is 12.4. The molecule has 1 N–H and O–H groups in total. The fourth-order valence-corrected chi connectivity index (χ4v) is 2.61. The Morgan fingerprint density at radius 2 is 1.52 bits per heavy atom. The van der Waals surface area contributed by atoms with Gasteiger partial charge < -0.3 is 5.32 Å². The van der Waals surface area contributed by atoms with E-state index in [1.807, 2.05) is 30.3 Å². The summed E-state index contributed by atoms with van der Waals surface area (Å²) in [6, 6.07) is 12.8. The number of ketones is 1. The molecule has 0 saturated carbocycles. The van der Waals surface area contributed by atoms with Crippen LogP contribution in [0.2, 0.25) is 0 Å². The van der Waals surface area contributed by atoms with Gasteiger partial charge in [-0.1, -0.05) is 30.3 Å². The number of rotatable bonds is 1. The number of nitrogens with one attached hydrogen (secondary N) is 1. The van der Waals surface area contributed by atoms with Gasteiger partial charge >= 0.3 is 0 Å². The zero-order chi connectivity index (χ0) is 15.2. The molecule has 0 aliphatic heterocycles. The molecule has 1 amide bonds. The number of amides is 1. The Morgan fingerprint density at radius 1 is 0.905 bits per heavy atom. The molecule has 3 nitrogen and oxygen atoms in total. The molecule has 0 bridgehead atoms. The van der Waals surface area contributed by atoms with Gasteiger partial charge in [0, 0.05) is 16.8 Å². The Kier molecular flexibility index (Phi) is 3.80. The Hall–Kier alpha value is -0.980. The third-order valence-electron chi connectivity index (χ3n) is 3.24. The SMILES string of the molecule is O=C1c2ccccc2-c2ccc(NC(=O)C(Br)(Br)Br)cc21. The molecule has 106 valence electrons. The number of carbonyl (C=O) groups is 2. The molecule has 21 heavy (non-hydrogen) atoms. The highest BCUT2D eigenvalue weighted by atomic mass is 80.0. The molecule has 2 aromatic carbocycles. The van der Waals surface area contributed by atoms with Crippen molar-refractivity contribution in [1.29, 1.82) is 0 Å². The van der Waals surface area contributed by atoms with Crippen LogP contribution in [0.25, 0.3) is 11.1 Å². The van der Waals surface area contributed by atoms with Crippen LogP contribution < -0.4 is 5.32 Å². The minimum Gasteiger partial charge on any atom is -0.323 e. The van der Waals surface area contributed by atoms with Crippen molar-refractivity contribution in [2.24, 2.45) is 0 Å². The molecule has 0 radical (unpaired) electrons. The Bertz CT molecular complexity index is 766. The van der Waals surface area contributed by atoms with Gasteiger partial charge in [0.2, 0.25) is 2.14 Å². The molecule has 0 fully saturated rings. The quantitative estimate of drug-likeness (QED) is 0.522. The minimum atomic E-state index is -1.03. The molecule has 0 heterocycles. The van der Waals surface area contributed by atoms with Gasteiger partial charge in [-0.05, 0) is 71.0 Å². The summed E-state index contributed by atoms with van der Waals surface area (Å²) >= 11 is 9.46. The normalized spacial score (nSPS) is 12.8. The van der Waals surface area contributed by atoms with Gasteiger partial charge in [0.25, 0.3) is 5.91 Å². The summed E-state index contributed by atoms with van der Waals surface area (Å²) < 4.78 is -1.03. The number of halogens is 3. The lowest BCUT2D eigenvalue weighted by atomic mass is 10.1. The van der Waals surface area contributed by atoms with Gasteiger partial charge in [0.05, 0.1) is 0 Å². The van der Waals surface area contributed by atoms with Crippen LogP contribution in [-0.4, -0.2) is 13.8 Å². The van der Waals surface area contributed by atoms with E-state index in [1.165, 1.54) is 0 Å². The van der Waals surface area contributed by atoms with E-state index in [1.54, 1.807) is 12.1 Å². The van der Waals surface area contributed by atoms with Crippen molar-refractivity contribution in [1.82, 2.24) is 0 Å². The minimum absolute atomic E-state index is 0.0144. The number of benzene rings is 2. The van der Waals surface area contributed by atoms with E-state index >= 15 is 0 Å². The molecule has 1 aliphatic carbocycles. The van der Waals surface area contributed by atoms with E-state index in [9.17, 15) is 9.59 Å². The predicted molar refractivity (Wildman–Crippen MR) is 93.5 cm³/mol. The van der Waals surface area contributed by atoms with Crippen molar-refractivity contribution in [2.75, 3.05) is 5.32 Å². The van der Waals surface area contributed by atoms with Crippen LogP contribution in [0.3, 0.4) is 0 Å². The van der Waals surface area contributed by atoms with Crippen LogP contribution in [0.5, 0.6) is 0 Å². The summed E-state index contributed by atoms with van der Waals surface area (Å²) in [6.45, 7) is 0. The van der Waals surface area contributed by atoms with Crippen molar-refractivity contribution in [3.05, 3.63) is 53.6 Å². The monoisotopic (exact) mass is 471 g/mol. The van der Waals surface area contributed by atoms with Crippen molar-refractivity contribution in [3.63, 3.8) is 0 Å². The molecule has 6 heteroatoms. The number of fused-ring (bicyclic) bond motifs is 3. The van der Waals surface area contributed by atoms with Crippen LogP contribution in [0.4, 0.5) is 5.69 Å². The average Bonchev–Trinajstić information content (AvgIpc) is 2.72. The van der Waals surface area contributed by atoms with Gasteiger partial charge in [-0.3, -0.25) is 9.59 Å². The van der Waals surface area contributed by atoms with Gasteiger partial charge in [-0.2, -0.15) is 0 Å². The molecule has 0 unspecified atom stereocenters. The first-order valence-corrected chi connectivity index (χ1v) is 8.42. The van der Waals surface area contributed by atoms with E-state index in [4.69, 9.17) is 0 Å². The highest BCUT2D eigenvalue weighted by Gasteiger charge is 2.30. The zero-order valence-electron chi connectivity index (χ0n) is 10.5. The molecule has 0 atom stereocenters. The Labute approximate surface area is 146 Å². The number of hydrogen-bond acceptors (Lipinski definition) is 2. The maximum absolute atomic E-state index is 12.4. The van der Waals surface area contributed by atoms with Crippen LogP contribution in [-0.2, 0) is 4.79 Å². The fourth-order valence-electron chi connectivity index (χ4n) is 2.31. The van der Waals surface area contributed by atoms with Crippen molar-refractivity contribution in [3.8, 4) is 11.1 Å². The molecule has 0 saturated heterocycles. The Morgan fingerprint density at radius 3 is 2.19 bits per heavy atom. The second-order valence-electron chi connectivity index (χ2n) is 4.59. The highest BCUT2D eigenvalue weighted by molar-refractivity contribution is 9.40. The topological polar surface area (TPSA) is 46.2 Å². The lowest BCUT2D eigenvalue weighted by Crippen LogP contribution is -2.25. The summed E-state index contributed by atoms with van der Waals surface area (Å²) in [5.74, 6) is -0.329. The maximum Gasteiger partial charge on any atom is 0.263 e. The van der Waals surface area contributed by atoms with Crippen molar-refractivity contribution >= 4 is 65.2 Å². The van der Waals surface area contributed by atoms with E-state index in [-0.39, 0.29) is 11.7 Å². The lowest BCUT2D eigenvalue weighted by Gasteiger charge is -2.13. The summed E-state index contributed by atoms with van der Waals surface area (Å²) in [5.41, 5.74) is 3.72. The third-order valence-corrected chi connectivity index (χ3v) is 4.32. The number of carbonyl (C=O) groups excluding carboxylic acids is 2. The summed E-state index contributed by atoms with van der Waals surface area (Å²) in [5, 5.41) is 2.73. The van der Waals surface area contributed by atoms with Crippen LogP contribution in [0, 0.1) is 0 Å². The molecule has 3 rings (SSSR count). The largest absolute Gasteiger partial charge is 0.323 e. The molecular weight excluding hydrogens is 466 g/mol. The number of alkyl halides is 3. The molecular formula is C15H8Br3NO2. The molecule has 0 spiro atoms. The van der Waals surface area contributed by atoms with Crippen molar-refractivity contribution < 1.29 is 9.59 Å². The number of anilines is 1. The molecule has 0 aromatic heterocycles. The first-order chi connectivity index (χ1) is 9.88. The fraction of sp³-hybridized carbons (Fsp3) is 0.0667. The lowest BCUT2D eigenvalue weighted by molar-refractivity contribution is -0.114.